The van der Waals surface area contributed by atoms with Gasteiger partial charge in [-0.25, -0.2) is 9.97 Å². The quantitative estimate of drug-likeness (QED) is 0.757. The van der Waals surface area contributed by atoms with Crippen molar-refractivity contribution in [3.05, 3.63) is 60.6 Å². The van der Waals surface area contributed by atoms with Crippen LogP contribution in [0.3, 0.4) is 0 Å². The van der Waals surface area contributed by atoms with Crippen LogP contribution in [0.5, 0.6) is 0 Å². The number of nitrogens with one attached hydrogen (secondary N) is 1. The van der Waals surface area contributed by atoms with Crippen LogP contribution in [0.1, 0.15) is 11.1 Å². The van der Waals surface area contributed by atoms with Crippen LogP contribution in [0.4, 0.5) is 0 Å². The Kier molecular flexibility index (Phi) is 3.56. The number of rotatable bonds is 5. The topological polar surface area (TPSA) is 60.6 Å². The molecule has 0 saturated carbocycles. The number of imidazole rings is 1. The van der Waals surface area contributed by atoms with E-state index in [0.717, 1.165) is 24.5 Å². The van der Waals surface area contributed by atoms with Crippen LogP contribution in [-0.2, 0) is 20.1 Å². The van der Waals surface area contributed by atoms with Crippen LogP contribution in [0, 0.1) is 0 Å². The van der Waals surface area contributed by atoms with Gasteiger partial charge < -0.3 is 5.32 Å². The van der Waals surface area contributed by atoms with Crippen molar-refractivity contribution in [1.29, 1.82) is 0 Å². The van der Waals surface area contributed by atoms with E-state index in [9.17, 15) is 0 Å². The molecular formula is C14H16N6. The minimum atomic E-state index is 0.784. The maximum atomic E-state index is 4.42. The highest BCUT2D eigenvalue weighted by Gasteiger charge is 1.99. The summed E-state index contributed by atoms with van der Waals surface area (Å²) in [6, 6.07) is 4.06. The Balaban J connectivity index is 1.56. The first kappa shape index (κ1) is 12.6. The van der Waals surface area contributed by atoms with E-state index in [1.165, 1.54) is 5.56 Å². The fourth-order valence-corrected chi connectivity index (χ4v) is 1.98. The zero-order chi connectivity index (χ0) is 13.8. The molecule has 102 valence electrons. The third-order valence-corrected chi connectivity index (χ3v) is 2.99. The average Bonchev–Trinajstić information content (AvgIpc) is 3.11. The Morgan fingerprint density at radius 1 is 1.15 bits per heavy atom. The van der Waals surface area contributed by atoms with Crippen molar-refractivity contribution in [2.45, 2.75) is 13.1 Å². The van der Waals surface area contributed by atoms with E-state index in [-0.39, 0.29) is 0 Å². The largest absolute Gasteiger partial charge is 0.308 e. The van der Waals surface area contributed by atoms with Crippen molar-refractivity contribution < 1.29 is 0 Å². The smallest absolute Gasteiger partial charge is 0.137 e. The number of aryl methyl sites for hydroxylation is 1. The molecule has 0 radical (unpaired) electrons. The van der Waals surface area contributed by atoms with Crippen molar-refractivity contribution in [1.82, 2.24) is 29.6 Å². The molecule has 0 spiro atoms. The molecule has 0 aliphatic rings. The Bertz CT molecular complexity index is 653. The van der Waals surface area contributed by atoms with Gasteiger partial charge in [0.1, 0.15) is 12.1 Å². The fraction of sp³-hybridized carbons (Fsp3) is 0.214. The molecule has 1 N–H and O–H groups in total. The van der Waals surface area contributed by atoms with Gasteiger partial charge in [0.25, 0.3) is 0 Å². The summed E-state index contributed by atoms with van der Waals surface area (Å²) in [4.78, 5) is 8.43. The highest BCUT2D eigenvalue weighted by atomic mass is 15.2. The number of pyridine rings is 1. The minimum absolute atomic E-state index is 0.784. The van der Waals surface area contributed by atoms with Crippen molar-refractivity contribution in [3.63, 3.8) is 0 Å². The normalized spacial score (nSPS) is 10.8. The van der Waals surface area contributed by atoms with Gasteiger partial charge in [0.05, 0.1) is 6.20 Å². The van der Waals surface area contributed by atoms with Gasteiger partial charge in [-0.2, -0.15) is 5.10 Å². The molecule has 0 unspecified atom stereocenters. The molecule has 3 rings (SSSR count). The van der Waals surface area contributed by atoms with E-state index < -0.39 is 0 Å². The monoisotopic (exact) mass is 268 g/mol. The van der Waals surface area contributed by atoms with Gasteiger partial charge in [-0.3, -0.25) is 9.25 Å². The lowest BCUT2D eigenvalue weighted by molar-refractivity contribution is 0.689. The maximum absolute atomic E-state index is 4.42. The molecule has 0 atom stereocenters. The van der Waals surface area contributed by atoms with E-state index in [0.29, 0.717) is 0 Å². The Morgan fingerprint density at radius 2 is 2.05 bits per heavy atom. The van der Waals surface area contributed by atoms with Crippen LogP contribution < -0.4 is 5.32 Å². The third-order valence-electron chi connectivity index (χ3n) is 2.99. The maximum Gasteiger partial charge on any atom is 0.137 e. The fourth-order valence-electron chi connectivity index (χ4n) is 1.98. The highest BCUT2D eigenvalue weighted by molar-refractivity contribution is 5.25. The van der Waals surface area contributed by atoms with Gasteiger partial charge in [0.15, 0.2) is 0 Å². The minimum Gasteiger partial charge on any atom is -0.308 e. The molecule has 0 fully saturated rings. The van der Waals surface area contributed by atoms with Crippen LogP contribution in [0.15, 0.2) is 49.4 Å². The second-order valence-electron chi connectivity index (χ2n) is 4.62. The van der Waals surface area contributed by atoms with Crippen LogP contribution in [-0.4, -0.2) is 24.3 Å². The summed E-state index contributed by atoms with van der Waals surface area (Å²) >= 11 is 0. The molecular weight excluding hydrogens is 252 g/mol. The first-order chi connectivity index (χ1) is 9.81. The second-order valence-corrected chi connectivity index (χ2v) is 4.62. The number of nitrogens with zero attached hydrogens (tertiary/aromatic N) is 5. The summed E-state index contributed by atoms with van der Waals surface area (Å²) in [5.41, 5.74) is 2.33. The Hall–Kier alpha value is -2.47. The molecule has 0 amide bonds. The molecule has 20 heavy (non-hydrogen) atoms. The summed E-state index contributed by atoms with van der Waals surface area (Å²) in [5.74, 6) is 0.874. The van der Waals surface area contributed by atoms with E-state index >= 15 is 0 Å². The zero-order valence-electron chi connectivity index (χ0n) is 11.3. The lowest BCUT2D eigenvalue weighted by Gasteiger charge is -2.05. The molecule has 0 aromatic carbocycles. The molecule has 0 saturated heterocycles. The van der Waals surface area contributed by atoms with Gasteiger partial charge in [0, 0.05) is 50.5 Å². The summed E-state index contributed by atoms with van der Waals surface area (Å²) in [7, 11) is 1.92. The van der Waals surface area contributed by atoms with E-state index in [1.807, 2.05) is 42.5 Å². The van der Waals surface area contributed by atoms with Crippen LogP contribution >= 0.6 is 0 Å². The predicted octanol–water partition coefficient (Wildman–Crippen LogP) is 1.29. The van der Waals surface area contributed by atoms with Crippen molar-refractivity contribution in [2.24, 2.45) is 7.05 Å². The van der Waals surface area contributed by atoms with E-state index in [4.69, 9.17) is 0 Å². The van der Waals surface area contributed by atoms with Crippen molar-refractivity contribution in [3.8, 4) is 5.82 Å². The first-order valence-corrected chi connectivity index (χ1v) is 6.43. The first-order valence-electron chi connectivity index (χ1n) is 6.43. The van der Waals surface area contributed by atoms with E-state index in [2.05, 4.69) is 26.4 Å². The number of aromatic nitrogens is 5. The van der Waals surface area contributed by atoms with Crippen molar-refractivity contribution >= 4 is 0 Å². The summed E-state index contributed by atoms with van der Waals surface area (Å²) in [5, 5.41) is 7.51. The molecule has 0 aliphatic carbocycles. The average molecular weight is 268 g/mol. The van der Waals surface area contributed by atoms with Crippen molar-refractivity contribution in [2.75, 3.05) is 0 Å². The highest BCUT2D eigenvalue weighted by Crippen LogP contribution is 2.05. The van der Waals surface area contributed by atoms with E-state index in [1.54, 1.807) is 17.2 Å². The van der Waals surface area contributed by atoms with Gasteiger partial charge in [-0.05, 0) is 11.6 Å². The molecule has 3 aromatic rings. The van der Waals surface area contributed by atoms with Crippen LogP contribution in [0.2, 0.25) is 0 Å². The summed E-state index contributed by atoms with van der Waals surface area (Å²) in [6.07, 6.45) is 11.1. The summed E-state index contributed by atoms with van der Waals surface area (Å²) < 4.78 is 3.69. The summed E-state index contributed by atoms with van der Waals surface area (Å²) in [6.45, 7) is 1.59. The zero-order valence-corrected chi connectivity index (χ0v) is 11.3. The standard InChI is InChI=1S/C14H16N6/c1-19-10-13(9-18-19)7-16-6-12-2-3-14(17-8-12)20-5-4-15-11-20/h2-5,8-11,16H,6-7H2,1H3. The lowest BCUT2D eigenvalue weighted by Crippen LogP contribution is -2.12. The molecule has 6 nitrogen and oxygen atoms in total. The third kappa shape index (κ3) is 2.92. The Morgan fingerprint density at radius 3 is 2.70 bits per heavy atom. The SMILES string of the molecule is Cn1cc(CNCc2ccc(-n3ccnc3)nc2)cn1. The predicted molar refractivity (Wildman–Crippen MR) is 75.1 cm³/mol. The van der Waals surface area contributed by atoms with Gasteiger partial charge >= 0.3 is 0 Å². The van der Waals surface area contributed by atoms with Gasteiger partial charge in [-0.1, -0.05) is 6.07 Å². The molecule has 3 heterocycles. The molecule has 0 bridgehead atoms. The van der Waals surface area contributed by atoms with Gasteiger partial charge in [-0.15, -0.1) is 0 Å². The molecule has 0 aliphatic heterocycles. The lowest BCUT2D eigenvalue weighted by atomic mass is 10.2. The molecule has 3 aromatic heterocycles. The Labute approximate surface area is 117 Å². The van der Waals surface area contributed by atoms with Crippen LogP contribution in [0.25, 0.3) is 5.82 Å². The second kappa shape index (κ2) is 5.66. The number of hydrogen-bond acceptors (Lipinski definition) is 4. The molecule has 6 heteroatoms. The van der Waals surface area contributed by atoms with Gasteiger partial charge in [0.2, 0.25) is 0 Å². The number of hydrogen-bond donors (Lipinski definition) is 1.